The molecule has 0 aromatic heterocycles. The van der Waals surface area contributed by atoms with Crippen LogP contribution in [0.15, 0.2) is 34.2 Å². The predicted molar refractivity (Wildman–Crippen MR) is 123 cm³/mol. The van der Waals surface area contributed by atoms with Gasteiger partial charge in [-0.1, -0.05) is 62.3 Å². The van der Waals surface area contributed by atoms with Gasteiger partial charge in [0.25, 0.3) is 5.91 Å². The van der Waals surface area contributed by atoms with Crippen molar-refractivity contribution in [3.8, 4) is 11.5 Å². The summed E-state index contributed by atoms with van der Waals surface area (Å²) in [7, 11) is 1.59. The fraction of sp³-hybridized carbons (Fsp3) is 0.429. The number of methoxy groups -OCH3 is 1. The summed E-state index contributed by atoms with van der Waals surface area (Å²) in [6.45, 7) is 4.76. The normalized spacial score (nSPS) is 18.9. The fourth-order valence-corrected chi connectivity index (χ4v) is 5.44. The van der Waals surface area contributed by atoms with Crippen molar-refractivity contribution in [2.75, 3.05) is 20.3 Å². The summed E-state index contributed by atoms with van der Waals surface area (Å²) in [6, 6.07) is 3.76. The van der Waals surface area contributed by atoms with Gasteiger partial charge in [0, 0.05) is 6.54 Å². The predicted octanol–water partition coefficient (Wildman–Crippen LogP) is 5.80. The van der Waals surface area contributed by atoms with Gasteiger partial charge in [-0.25, -0.2) is 0 Å². The number of hydrogen-bond donors (Lipinski definition) is 0. The third-order valence-corrected chi connectivity index (χ3v) is 6.97. The van der Waals surface area contributed by atoms with Gasteiger partial charge in [-0.05, 0) is 52.0 Å². The summed E-state index contributed by atoms with van der Waals surface area (Å²) in [4.78, 5) is 15.2. The zero-order valence-electron chi connectivity index (χ0n) is 15.9. The second-order valence-corrected chi connectivity index (χ2v) is 9.44. The molecular weight excluding hydrogens is 458 g/mol. The molecule has 1 aliphatic carbocycles. The molecule has 2 fully saturated rings. The third kappa shape index (κ3) is 4.99. The van der Waals surface area contributed by atoms with Crippen LogP contribution in [0.2, 0.25) is 0 Å². The SMILES string of the molecule is C=CCOc1c(Br)cc(C=C2SC(=S)N(CCC3CCCC3)C2=O)cc1OC. The first-order valence-corrected chi connectivity index (χ1v) is 11.4. The van der Waals surface area contributed by atoms with Crippen molar-refractivity contribution in [1.82, 2.24) is 4.90 Å². The highest BCUT2D eigenvalue weighted by Crippen LogP contribution is 2.39. The van der Waals surface area contributed by atoms with Crippen molar-refractivity contribution in [2.24, 2.45) is 5.92 Å². The summed E-state index contributed by atoms with van der Waals surface area (Å²) in [5.74, 6) is 1.94. The molecule has 2 aliphatic rings. The molecule has 0 atom stereocenters. The highest BCUT2D eigenvalue weighted by molar-refractivity contribution is 9.10. The molecule has 1 aliphatic heterocycles. The highest BCUT2D eigenvalue weighted by Gasteiger charge is 2.32. The van der Waals surface area contributed by atoms with E-state index in [1.165, 1.54) is 37.4 Å². The van der Waals surface area contributed by atoms with Crippen molar-refractivity contribution in [3.05, 3.63) is 39.7 Å². The molecule has 1 heterocycles. The second kappa shape index (κ2) is 9.94. The van der Waals surface area contributed by atoms with Crippen molar-refractivity contribution < 1.29 is 14.3 Å². The van der Waals surface area contributed by atoms with Gasteiger partial charge < -0.3 is 9.47 Å². The number of thioether (sulfide) groups is 1. The van der Waals surface area contributed by atoms with Gasteiger partial charge in [0.05, 0.1) is 16.5 Å². The zero-order chi connectivity index (χ0) is 20.1. The Balaban J connectivity index is 1.75. The van der Waals surface area contributed by atoms with Gasteiger partial charge in [-0.3, -0.25) is 9.69 Å². The molecule has 1 saturated carbocycles. The Kier molecular flexibility index (Phi) is 7.60. The average Bonchev–Trinajstić information content (AvgIpc) is 3.28. The molecule has 0 N–H and O–H groups in total. The van der Waals surface area contributed by atoms with E-state index < -0.39 is 0 Å². The van der Waals surface area contributed by atoms with Gasteiger partial charge >= 0.3 is 0 Å². The van der Waals surface area contributed by atoms with Gasteiger partial charge in [-0.2, -0.15) is 0 Å². The molecule has 1 aromatic carbocycles. The first-order chi connectivity index (χ1) is 13.5. The lowest BCUT2D eigenvalue weighted by Gasteiger charge is -2.17. The van der Waals surface area contributed by atoms with E-state index >= 15 is 0 Å². The minimum Gasteiger partial charge on any atom is -0.493 e. The van der Waals surface area contributed by atoms with E-state index in [1.807, 2.05) is 18.2 Å². The molecule has 150 valence electrons. The lowest BCUT2D eigenvalue weighted by molar-refractivity contribution is -0.122. The zero-order valence-corrected chi connectivity index (χ0v) is 19.1. The summed E-state index contributed by atoms with van der Waals surface area (Å²) < 4.78 is 12.5. The molecule has 0 spiro atoms. The minimum atomic E-state index is -0.00456. The summed E-state index contributed by atoms with van der Waals surface area (Å²) in [5.41, 5.74) is 0.853. The second-order valence-electron chi connectivity index (χ2n) is 6.91. The number of benzene rings is 1. The number of ether oxygens (including phenoxy) is 2. The van der Waals surface area contributed by atoms with E-state index in [-0.39, 0.29) is 5.91 Å². The maximum absolute atomic E-state index is 12.8. The molecule has 1 aromatic rings. The van der Waals surface area contributed by atoms with Crippen molar-refractivity contribution >= 4 is 56.2 Å². The van der Waals surface area contributed by atoms with Gasteiger partial charge in [0.15, 0.2) is 11.5 Å². The van der Waals surface area contributed by atoms with E-state index in [9.17, 15) is 4.79 Å². The highest BCUT2D eigenvalue weighted by atomic mass is 79.9. The lowest BCUT2D eigenvalue weighted by atomic mass is 10.0. The number of amides is 1. The van der Waals surface area contributed by atoms with Crippen LogP contribution in [0.25, 0.3) is 6.08 Å². The van der Waals surface area contributed by atoms with E-state index in [0.29, 0.717) is 33.9 Å². The molecule has 0 bridgehead atoms. The van der Waals surface area contributed by atoms with Crippen LogP contribution < -0.4 is 9.47 Å². The topological polar surface area (TPSA) is 38.8 Å². The van der Waals surface area contributed by atoms with Gasteiger partial charge in [0.1, 0.15) is 10.9 Å². The monoisotopic (exact) mass is 481 g/mol. The Morgan fingerprint density at radius 2 is 2.14 bits per heavy atom. The first-order valence-electron chi connectivity index (χ1n) is 9.40. The van der Waals surface area contributed by atoms with E-state index in [2.05, 4.69) is 22.5 Å². The maximum Gasteiger partial charge on any atom is 0.266 e. The Morgan fingerprint density at radius 1 is 1.39 bits per heavy atom. The van der Waals surface area contributed by atoms with E-state index in [4.69, 9.17) is 21.7 Å². The van der Waals surface area contributed by atoms with Crippen LogP contribution in [0.1, 0.15) is 37.7 Å². The molecule has 0 radical (unpaired) electrons. The van der Waals surface area contributed by atoms with E-state index in [0.717, 1.165) is 22.4 Å². The Bertz CT molecular complexity index is 803. The van der Waals surface area contributed by atoms with Crippen LogP contribution in [-0.2, 0) is 4.79 Å². The van der Waals surface area contributed by atoms with Crippen LogP contribution in [-0.4, -0.2) is 35.4 Å². The molecule has 28 heavy (non-hydrogen) atoms. The van der Waals surface area contributed by atoms with Crippen molar-refractivity contribution in [1.29, 1.82) is 0 Å². The smallest absolute Gasteiger partial charge is 0.266 e. The number of nitrogens with zero attached hydrogens (tertiary/aromatic N) is 1. The first kappa shape index (κ1) is 21.4. The van der Waals surface area contributed by atoms with Crippen molar-refractivity contribution in [2.45, 2.75) is 32.1 Å². The molecular formula is C21H24BrNO3S2. The molecule has 0 unspecified atom stereocenters. The average molecular weight is 482 g/mol. The molecule has 1 saturated heterocycles. The number of rotatable bonds is 8. The number of thiocarbonyl (C=S) groups is 1. The maximum atomic E-state index is 12.8. The summed E-state index contributed by atoms with van der Waals surface area (Å²) in [6.07, 6.45) is 9.75. The third-order valence-electron chi connectivity index (χ3n) is 5.00. The summed E-state index contributed by atoms with van der Waals surface area (Å²) in [5, 5.41) is 0. The number of halogens is 1. The Morgan fingerprint density at radius 3 is 2.82 bits per heavy atom. The standard InChI is InChI=1S/C21H24BrNO3S2/c1-3-10-26-19-16(22)11-15(12-17(19)25-2)13-18-20(24)23(21(27)28-18)9-8-14-6-4-5-7-14/h3,11-14H,1,4-10H2,2H3. The Labute approximate surface area is 184 Å². The molecule has 7 heteroatoms. The van der Waals surface area contributed by atoms with Gasteiger partial charge in [-0.15, -0.1) is 0 Å². The van der Waals surface area contributed by atoms with Crippen LogP contribution in [0, 0.1) is 5.92 Å². The Hall–Kier alpha value is -1.31. The van der Waals surface area contributed by atoms with Crippen LogP contribution in [0.5, 0.6) is 11.5 Å². The van der Waals surface area contributed by atoms with E-state index in [1.54, 1.807) is 18.1 Å². The summed E-state index contributed by atoms with van der Waals surface area (Å²) >= 11 is 10.3. The van der Waals surface area contributed by atoms with Crippen LogP contribution >= 0.6 is 39.9 Å². The lowest BCUT2D eigenvalue weighted by Crippen LogP contribution is -2.30. The molecule has 3 rings (SSSR count). The largest absolute Gasteiger partial charge is 0.493 e. The van der Waals surface area contributed by atoms with Crippen LogP contribution in [0.4, 0.5) is 0 Å². The minimum absolute atomic E-state index is 0.00456. The quantitative estimate of drug-likeness (QED) is 0.266. The van der Waals surface area contributed by atoms with Gasteiger partial charge in [0.2, 0.25) is 0 Å². The van der Waals surface area contributed by atoms with Crippen LogP contribution in [0.3, 0.4) is 0 Å². The fourth-order valence-electron chi connectivity index (χ4n) is 3.56. The number of hydrogen-bond acceptors (Lipinski definition) is 5. The number of carbonyl (C=O) groups is 1. The van der Waals surface area contributed by atoms with Crippen molar-refractivity contribution in [3.63, 3.8) is 0 Å². The number of carbonyl (C=O) groups excluding carboxylic acids is 1. The molecule has 1 amide bonds. The molecule has 4 nitrogen and oxygen atoms in total.